The molecule has 0 unspecified atom stereocenters. The highest BCUT2D eigenvalue weighted by atomic mass is 19.1. The van der Waals surface area contributed by atoms with Gasteiger partial charge in [-0.2, -0.15) is 0 Å². The minimum Gasteiger partial charge on any atom is -0.402 e. The third kappa shape index (κ3) is 7.48. The molecule has 3 rings (SSSR count). The van der Waals surface area contributed by atoms with Gasteiger partial charge >= 0.3 is 5.97 Å². The van der Waals surface area contributed by atoms with Gasteiger partial charge in [0.1, 0.15) is 5.82 Å². The maximum Gasteiger partial charge on any atom is 0.347 e. The number of esters is 1. The molecule has 0 N–H and O–H groups in total. The maximum absolute atomic E-state index is 14.4. The van der Waals surface area contributed by atoms with Crippen molar-refractivity contribution in [2.75, 3.05) is 0 Å². The number of aryl methyl sites for hydroxylation is 2. The molecule has 0 radical (unpaired) electrons. The Morgan fingerprint density at radius 1 is 0.818 bits per heavy atom. The second-order valence-electron chi connectivity index (χ2n) is 8.41. The van der Waals surface area contributed by atoms with E-state index in [2.05, 4.69) is 35.9 Å². The average Bonchev–Trinajstić information content (AvgIpc) is 2.83. The SMILES string of the molecule is CCCCCCc1ccc(-c2cnc(OC(=O)c3ccc(CCCCC)cc3F)cn2)cc1. The molecule has 174 valence electrons. The number of carbonyl (C=O) groups is 1. The van der Waals surface area contributed by atoms with E-state index in [-0.39, 0.29) is 11.4 Å². The number of unbranched alkanes of at least 4 members (excludes halogenated alkanes) is 5. The molecule has 1 heterocycles. The van der Waals surface area contributed by atoms with Crippen LogP contribution in [-0.4, -0.2) is 15.9 Å². The van der Waals surface area contributed by atoms with Crippen LogP contribution in [0.25, 0.3) is 11.3 Å². The molecular weight excluding hydrogens is 415 g/mol. The van der Waals surface area contributed by atoms with E-state index < -0.39 is 11.8 Å². The number of hydrogen-bond donors (Lipinski definition) is 0. The van der Waals surface area contributed by atoms with E-state index in [0.29, 0.717) is 5.69 Å². The summed E-state index contributed by atoms with van der Waals surface area (Å²) < 4.78 is 19.7. The zero-order valence-electron chi connectivity index (χ0n) is 19.6. The Kier molecular flexibility index (Phi) is 9.55. The normalized spacial score (nSPS) is 10.9. The fraction of sp³-hybridized carbons (Fsp3) is 0.393. The van der Waals surface area contributed by atoms with E-state index in [1.165, 1.54) is 49.6 Å². The Morgan fingerprint density at radius 3 is 2.15 bits per heavy atom. The highest BCUT2D eigenvalue weighted by Crippen LogP contribution is 2.20. The van der Waals surface area contributed by atoms with Crippen molar-refractivity contribution < 1.29 is 13.9 Å². The van der Waals surface area contributed by atoms with E-state index in [9.17, 15) is 9.18 Å². The van der Waals surface area contributed by atoms with Crippen LogP contribution in [0.4, 0.5) is 4.39 Å². The summed E-state index contributed by atoms with van der Waals surface area (Å²) in [5.74, 6) is -1.31. The first-order chi connectivity index (χ1) is 16.1. The molecule has 0 aliphatic carbocycles. The Bertz CT molecular complexity index is 1020. The van der Waals surface area contributed by atoms with E-state index in [4.69, 9.17) is 4.74 Å². The number of aromatic nitrogens is 2. The number of hydrogen-bond acceptors (Lipinski definition) is 4. The van der Waals surface area contributed by atoms with Gasteiger partial charge in [-0.05, 0) is 48.9 Å². The zero-order valence-corrected chi connectivity index (χ0v) is 19.6. The topological polar surface area (TPSA) is 52.1 Å². The van der Waals surface area contributed by atoms with Crippen molar-refractivity contribution in [3.8, 4) is 17.1 Å². The molecule has 2 aromatic carbocycles. The van der Waals surface area contributed by atoms with Crippen molar-refractivity contribution in [2.24, 2.45) is 0 Å². The smallest absolute Gasteiger partial charge is 0.347 e. The fourth-order valence-electron chi connectivity index (χ4n) is 3.72. The second kappa shape index (κ2) is 12.8. The predicted molar refractivity (Wildman–Crippen MR) is 130 cm³/mol. The van der Waals surface area contributed by atoms with Gasteiger partial charge < -0.3 is 4.74 Å². The van der Waals surface area contributed by atoms with Gasteiger partial charge in [-0.25, -0.2) is 19.2 Å². The third-order valence-electron chi connectivity index (χ3n) is 5.72. The van der Waals surface area contributed by atoms with E-state index in [1.54, 1.807) is 12.3 Å². The molecule has 1 aromatic heterocycles. The fourth-order valence-corrected chi connectivity index (χ4v) is 3.72. The van der Waals surface area contributed by atoms with Crippen molar-refractivity contribution in [3.63, 3.8) is 0 Å². The lowest BCUT2D eigenvalue weighted by atomic mass is 10.0. The van der Waals surface area contributed by atoms with Crippen LogP contribution in [0, 0.1) is 5.82 Å². The molecule has 5 heteroatoms. The molecule has 0 bridgehead atoms. The monoisotopic (exact) mass is 448 g/mol. The lowest BCUT2D eigenvalue weighted by Gasteiger charge is -2.07. The molecule has 0 aliphatic rings. The molecule has 3 aromatic rings. The Morgan fingerprint density at radius 2 is 1.48 bits per heavy atom. The lowest BCUT2D eigenvalue weighted by Crippen LogP contribution is -2.12. The van der Waals surface area contributed by atoms with Crippen LogP contribution in [0.5, 0.6) is 5.88 Å². The van der Waals surface area contributed by atoms with Gasteiger partial charge in [0.05, 0.1) is 23.7 Å². The highest BCUT2D eigenvalue weighted by Gasteiger charge is 2.16. The van der Waals surface area contributed by atoms with E-state index in [0.717, 1.165) is 43.2 Å². The van der Waals surface area contributed by atoms with Crippen LogP contribution >= 0.6 is 0 Å². The van der Waals surface area contributed by atoms with Crippen molar-refractivity contribution in [2.45, 2.75) is 71.6 Å². The third-order valence-corrected chi connectivity index (χ3v) is 5.72. The van der Waals surface area contributed by atoms with Crippen molar-refractivity contribution in [1.82, 2.24) is 9.97 Å². The molecule has 0 aliphatic heterocycles. The minimum absolute atomic E-state index is 0.0442. The van der Waals surface area contributed by atoms with Gasteiger partial charge in [-0.3, -0.25) is 0 Å². The van der Waals surface area contributed by atoms with Crippen LogP contribution in [0.15, 0.2) is 54.9 Å². The number of rotatable bonds is 12. The molecule has 0 fully saturated rings. The first-order valence-electron chi connectivity index (χ1n) is 12.0. The quantitative estimate of drug-likeness (QED) is 0.215. The molecule has 4 nitrogen and oxygen atoms in total. The molecule has 0 spiro atoms. The van der Waals surface area contributed by atoms with Gasteiger partial charge in [0.25, 0.3) is 0 Å². The molecule has 0 amide bonds. The van der Waals surface area contributed by atoms with Crippen molar-refractivity contribution in [1.29, 1.82) is 0 Å². The van der Waals surface area contributed by atoms with Crippen molar-refractivity contribution in [3.05, 3.63) is 77.4 Å². The molecule has 0 atom stereocenters. The summed E-state index contributed by atoms with van der Waals surface area (Å²) in [4.78, 5) is 20.9. The minimum atomic E-state index is -0.776. The Balaban J connectivity index is 1.57. The average molecular weight is 449 g/mol. The largest absolute Gasteiger partial charge is 0.402 e. The summed E-state index contributed by atoms with van der Waals surface area (Å²) in [6.45, 7) is 4.34. The van der Waals surface area contributed by atoms with Gasteiger partial charge in [0, 0.05) is 5.56 Å². The van der Waals surface area contributed by atoms with Gasteiger partial charge in [-0.1, -0.05) is 76.3 Å². The first kappa shape index (κ1) is 24.6. The van der Waals surface area contributed by atoms with Gasteiger partial charge in [0.15, 0.2) is 0 Å². The first-order valence-corrected chi connectivity index (χ1v) is 12.0. The summed E-state index contributed by atoms with van der Waals surface area (Å²) in [7, 11) is 0. The maximum atomic E-state index is 14.4. The highest BCUT2D eigenvalue weighted by molar-refractivity contribution is 5.91. The molecule has 0 saturated carbocycles. The van der Waals surface area contributed by atoms with Crippen LogP contribution in [-0.2, 0) is 12.8 Å². The zero-order chi connectivity index (χ0) is 23.5. The van der Waals surface area contributed by atoms with Gasteiger partial charge in [-0.15, -0.1) is 0 Å². The standard InChI is InChI=1S/C28H33FN2O2/c1-3-5-7-9-10-21-12-15-23(16-13-21)26-19-31-27(20-30-26)33-28(32)24-17-14-22(18-25(24)29)11-8-6-4-2/h12-20H,3-11H2,1-2H3. The number of benzene rings is 2. The number of ether oxygens (including phenoxy) is 1. The summed E-state index contributed by atoms with van der Waals surface area (Å²) in [6.07, 6.45) is 13.0. The Labute approximate surface area is 196 Å². The van der Waals surface area contributed by atoms with E-state index >= 15 is 0 Å². The van der Waals surface area contributed by atoms with Crippen molar-refractivity contribution >= 4 is 5.97 Å². The summed E-state index contributed by atoms with van der Waals surface area (Å²) in [5, 5.41) is 0. The van der Waals surface area contributed by atoms with Crippen LogP contribution in [0.2, 0.25) is 0 Å². The van der Waals surface area contributed by atoms with Crippen LogP contribution in [0.3, 0.4) is 0 Å². The number of halogens is 1. The van der Waals surface area contributed by atoms with Crippen LogP contribution < -0.4 is 4.74 Å². The molecule has 0 saturated heterocycles. The summed E-state index contributed by atoms with van der Waals surface area (Å²) in [6, 6.07) is 13.0. The summed E-state index contributed by atoms with van der Waals surface area (Å²) in [5.41, 5.74) is 3.73. The van der Waals surface area contributed by atoms with E-state index in [1.807, 2.05) is 12.1 Å². The second-order valence-corrected chi connectivity index (χ2v) is 8.41. The predicted octanol–water partition coefficient (Wildman–Crippen LogP) is 7.36. The molecule has 33 heavy (non-hydrogen) atoms. The lowest BCUT2D eigenvalue weighted by molar-refractivity contribution is 0.0722. The number of carbonyl (C=O) groups excluding carboxylic acids is 1. The summed E-state index contributed by atoms with van der Waals surface area (Å²) >= 11 is 0. The number of nitrogens with zero attached hydrogens (tertiary/aromatic N) is 2. The van der Waals surface area contributed by atoms with Gasteiger partial charge in [0.2, 0.25) is 5.88 Å². The van der Waals surface area contributed by atoms with Crippen LogP contribution in [0.1, 0.15) is 80.3 Å². The Hall–Kier alpha value is -3.08. The molecular formula is C28H33FN2O2.